The molecule has 4 nitrogen and oxygen atoms in total. The van der Waals surface area contributed by atoms with Gasteiger partial charge < -0.3 is 9.88 Å². The normalized spacial score (nSPS) is 11.1. The Bertz CT molecular complexity index is 1180. The summed E-state index contributed by atoms with van der Waals surface area (Å²) in [6.07, 6.45) is 3.94. The van der Waals surface area contributed by atoms with Crippen LogP contribution in [0.1, 0.15) is 46.6 Å². The average Bonchev–Trinajstić information content (AvgIpc) is 3.15. The van der Waals surface area contributed by atoms with Gasteiger partial charge in [-0.2, -0.15) is 0 Å². The van der Waals surface area contributed by atoms with Gasteiger partial charge in [0.25, 0.3) is 5.91 Å². The van der Waals surface area contributed by atoms with Crippen LogP contribution in [0.25, 0.3) is 11.0 Å². The van der Waals surface area contributed by atoms with Gasteiger partial charge in [-0.25, -0.2) is 4.98 Å². The van der Waals surface area contributed by atoms with Crippen molar-refractivity contribution in [3.8, 4) is 0 Å². The minimum atomic E-state index is -0.0541. The molecule has 0 unspecified atom stereocenters. The fraction of sp³-hybridized carbons (Fsp3) is 0.259. The van der Waals surface area contributed by atoms with Gasteiger partial charge in [-0.3, -0.25) is 4.79 Å². The molecular weight excluding hydrogens is 418 g/mol. The lowest BCUT2D eigenvalue weighted by atomic mass is 10.1. The van der Waals surface area contributed by atoms with Gasteiger partial charge in [-0.05, 0) is 61.7 Å². The number of fused-ring (bicyclic) bond motifs is 1. The van der Waals surface area contributed by atoms with Crippen molar-refractivity contribution in [3.63, 3.8) is 0 Å². The molecule has 0 aliphatic heterocycles. The number of unbranched alkanes of at least 4 members (excludes halogenated alkanes) is 2. The topological polar surface area (TPSA) is 46.9 Å². The largest absolute Gasteiger partial charge is 0.352 e. The molecule has 4 aromatic rings. The van der Waals surface area contributed by atoms with E-state index in [0.717, 1.165) is 43.6 Å². The molecule has 0 atom stereocenters. The number of hydrogen-bond donors (Lipinski definition) is 1. The Morgan fingerprint density at radius 3 is 2.47 bits per heavy atom. The first kappa shape index (κ1) is 22.1. The summed E-state index contributed by atoms with van der Waals surface area (Å²) in [5, 5.41) is 3.62. The highest BCUT2D eigenvalue weighted by Crippen LogP contribution is 2.20. The molecule has 0 fully saturated rings. The van der Waals surface area contributed by atoms with Crippen LogP contribution in [-0.2, 0) is 13.0 Å². The third-order valence-electron chi connectivity index (χ3n) is 5.66. The Morgan fingerprint density at radius 2 is 1.69 bits per heavy atom. The third kappa shape index (κ3) is 5.57. The molecule has 0 saturated heterocycles. The summed E-state index contributed by atoms with van der Waals surface area (Å²) in [6.45, 7) is 3.61. The first-order chi connectivity index (χ1) is 15.6. The summed E-state index contributed by atoms with van der Waals surface area (Å²) >= 11 is 5.88. The molecule has 4 rings (SSSR count). The minimum Gasteiger partial charge on any atom is -0.352 e. The lowest BCUT2D eigenvalue weighted by Crippen LogP contribution is -2.24. The number of hydrogen-bond acceptors (Lipinski definition) is 2. The molecule has 0 radical (unpaired) electrons. The summed E-state index contributed by atoms with van der Waals surface area (Å²) in [5.41, 5.74) is 5.42. The fourth-order valence-corrected chi connectivity index (χ4v) is 3.98. The lowest BCUT2D eigenvalue weighted by molar-refractivity contribution is 0.0953. The molecule has 0 aliphatic carbocycles. The molecule has 32 heavy (non-hydrogen) atoms. The van der Waals surface area contributed by atoms with E-state index >= 15 is 0 Å². The standard InChI is InChI=1S/C27H28ClN3O/c1-20-10-12-21(13-11-20)19-31-25-8-5-4-7-24(25)30-26(31)9-3-2-6-18-29-27(32)22-14-16-23(28)17-15-22/h4-5,7-8,10-17H,2-3,6,9,18-19H2,1H3,(H,29,32). The smallest absolute Gasteiger partial charge is 0.251 e. The molecule has 1 amide bonds. The second-order valence-electron chi connectivity index (χ2n) is 8.16. The maximum absolute atomic E-state index is 12.2. The SMILES string of the molecule is Cc1ccc(Cn2c(CCCCCNC(=O)c3ccc(Cl)cc3)nc3ccccc32)cc1. The van der Waals surface area contributed by atoms with Crippen molar-refractivity contribution in [3.05, 3.63) is 100 Å². The monoisotopic (exact) mass is 445 g/mol. The first-order valence-electron chi connectivity index (χ1n) is 11.1. The van der Waals surface area contributed by atoms with Gasteiger partial charge in [-0.1, -0.05) is 60.0 Å². The molecule has 1 heterocycles. The van der Waals surface area contributed by atoms with E-state index in [-0.39, 0.29) is 5.91 Å². The van der Waals surface area contributed by atoms with Gasteiger partial charge in [0, 0.05) is 30.1 Å². The van der Waals surface area contributed by atoms with Crippen LogP contribution in [-0.4, -0.2) is 22.0 Å². The second kappa shape index (κ2) is 10.5. The number of para-hydroxylation sites is 2. The maximum Gasteiger partial charge on any atom is 0.251 e. The maximum atomic E-state index is 12.2. The van der Waals surface area contributed by atoms with E-state index < -0.39 is 0 Å². The van der Waals surface area contributed by atoms with Crippen molar-refractivity contribution >= 4 is 28.5 Å². The number of aromatic nitrogens is 2. The van der Waals surface area contributed by atoms with Gasteiger partial charge in [0.15, 0.2) is 0 Å². The zero-order chi connectivity index (χ0) is 22.3. The lowest BCUT2D eigenvalue weighted by Gasteiger charge is -2.10. The number of nitrogens with one attached hydrogen (secondary N) is 1. The Labute approximate surface area is 194 Å². The summed E-state index contributed by atoms with van der Waals surface area (Å²) in [6, 6.07) is 24.0. The van der Waals surface area contributed by atoms with E-state index in [2.05, 4.69) is 59.3 Å². The predicted molar refractivity (Wildman–Crippen MR) is 131 cm³/mol. The molecule has 1 N–H and O–H groups in total. The van der Waals surface area contributed by atoms with E-state index in [1.165, 1.54) is 16.6 Å². The van der Waals surface area contributed by atoms with E-state index in [4.69, 9.17) is 16.6 Å². The van der Waals surface area contributed by atoms with Crippen molar-refractivity contribution in [1.29, 1.82) is 0 Å². The second-order valence-corrected chi connectivity index (χ2v) is 8.60. The molecular formula is C27H28ClN3O. The van der Waals surface area contributed by atoms with Gasteiger partial charge >= 0.3 is 0 Å². The van der Waals surface area contributed by atoms with Crippen LogP contribution in [0.15, 0.2) is 72.8 Å². The number of benzene rings is 3. The van der Waals surface area contributed by atoms with Crippen LogP contribution in [0, 0.1) is 6.92 Å². The highest BCUT2D eigenvalue weighted by molar-refractivity contribution is 6.30. The van der Waals surface area contributed by atoms with Crippen molar-refractivity contribution in [2.45, 2.75) is 39.2 Å². The van der Waals surface area contributed by atoms with Crippen LogP contribution < -0.4 is 5.32 Å². The zero-order valence-electron chi connectivity index (χ0n) is 18.4. The predicted octanol–water partition coefficient (Wildman–Crippen LogP) is 6.19. The molecule has 164 valence electrons. The van der Waals surface area contributed by atoms with Crippen molar-refractivity contribution < 1.29 is 4.79 Å². The Balaban J connectivity index is 1.31. The molecule has 0 aliphatic rings. The molecule has 0 bridgehead atoms. The average molecular weight is 446 g/mol. The number of halogens is 1. The third-order valence-corrected chi connectivity index (χ3v) is 5.92. The van der Waals surface area contributed by atoms with E-state index in [1.807, 2.05) is 6.07 Å². The number of carbonyl (C=O) groups is 1. The van der Waals surface area contributed by atoms with Crippen LogP contribution >= 0.6 is 11.6 Å². The Hall–Kier alpha value is -3.11. The van der Waals surface area contributed by atoms with Crippen LogP contribution in [0.3, 0.4) is 0 Å². The molecule has 5 heteroatoms. The number of aryl methyl sites for hydroxylation is 2. The van der Waals surface area contributed by atoms with Gasteiger partial charge in [0.2, 0.25) is 0 Å². The highest BCUT2D eigenvalue weighted by atomic mass is 35.5. The molecule has 0 spiro atoms. The zero-order valence-corrected chi connectivity index (χ0v) is 19.1. The summed E-state index contributed by atoms with van der Waals surface area (Å²) in [5.74, 6) is 1.07. The quantitative estimate of drug-likeness (QED) is 0.312. The van der Waals surface area contributed by atoms with Gasteiger partial charge in [-0.15, -0.1) is 0 Å². The van der Waals surface area contributed by atoms with E-state index in [1.54, 1.807) is 24.3 Å². The minimum absolute atomic E-state index is 0.0541. The first-order valence-corrected chi connectivity index (χ1v) is 11.5. The fourth-order valence-electron chi connectivity index (χ4n) is 3.86. The molecule has 1 aromatic heterocycles. The van der Waals surface area contributed by atoms with Crippen molar-refractivity contribution in [1.82, 2.24) is 14.9 Å². The van der Waals surface area contributed by atoms with E-state index in [9.17, 15) is 4.79 Å². The number of rotatable bonds is 9. The Morgan fingerprint density at radius 1 is 0.938 bits per heavy atom. The summed E-state index contributed by atoms with van der Waals surface area (Å²) < 4.78 is 2.34. The number of nitrogens with zero attached hydrogens (tertiary/aromatic N) is 2. The molecule has 0 saturated carbocycles. The van der Waals surface area contributed by atoms with Gasteiger partial charge in [0.1, 0.15) is 5.82 Å². The number of amides is 1. The van der Waals surface area contributed by atoms with Crippen LogP contribution in [0.4, 0.5) is 0 Å². The van der Waals surface area contributed by atoms with Crippen LogP contribution in [0.2, 0.25) is 5.02 Å². The summed E-state index contributed by atoms with van der Waals surface area (Å²) in [4.78, 5) is 17.1. The van der Waals surface area contributed by atoms with Crippen molar-refractivity contribution in [2.24, 2.45) is 0 Å². The van der Waals surface area contributed by atoms with Crippen molar-refractivity contribution in [2.75, 3.05) is 6.54 Å². The summed E-state index contributed by atoms with van der Waals surface area (Å²) in [7, 11) is 0. The highest BCUT2D eigenvalue weighted by Gasteiger charge is 2.11. The van der Waals surface area contributed by atoms with Crippen LogP contribution in [0.5, 0.6) is 0 Å². The molecule has 3 aromatic carbocycles. The van der Waals surface area contributed by atoms with E-state index in [0.29, 0.717) is 17.1 Å². The van der Waals surface area contributed by atoms with Gasteiger partial charge in [0.05, 0.1) is 11.0 Å². The Kier molecular flexibility index (Phi) is 7.23. The number of imidazole rings is 1. The number of carbonyl (C=O) groups excluding carboxylic acids is 1.